The van der Waals surface area contributed by atoms with E-state index in [9.17, 15) is 22.4 Å². The Hall–Kier alpha value is -3.20. The summed E-state index contributed by atoms with van der Waals surface area (Å²) >= 11 is 0. The molecule has 2 aromatic carbocycles. The van der Waals surface area contributed by atoms with E-state index in [1.54, 1.807) is 18.3 Å². The van der Waals surface area contributed by atoms with Crippen LogP contribution < -0.4 is 10.1 Å². The molecule has 1 fully saturated rings. The van der Waals surface area contributed by atoms with Crippen molar-refractivity contribution < 1.29 is 27.6 Å². The fourth-order valence-corrected chi connectivity index (χ4v) is 3.59. The fourth-order valence-electron chi connectivity index (χ4n) is 3.59. The molecule has 5 nitrogen and oxygen atoms in total. The molecule has 0 spiro atoms. The van der Waals surface area contributed by atoms with E-state index >= 15 is 0 Å². The summed E-state index contributed by atoms with van der Waals surface area (Å²) in [6.07, 6.45) is -0.847. The van der Waals surface area contributed by atoms with Crippen molar-refractivity contribution in [1.29, 1.82) is 0 Å². The van der Waals surface area contributed by atoms with Crippen LogP contribution in [0.1, 0.15) is 24.4 Å². The highest BCUT2D eigenvalue weighted by Gasteiger charge is 2.37. The summed E-state index contributed by atoms with van der Waals surface area (Å²) in [4.78, 5) is 13.1. The van der Waals surface area contributed by atoms with Crippen molar-refractivity contribution in [2.45, 2.75) is 25.1 Å². The molecule has 0 bridgehead atoms. The van der Waals surface area contributed by atoms with Gasteiger partial charge in [-0.15, -0.1) is 0 Å². The molecule has 2 aromatic heterocycles. The second-order valence-corrected chi connectivity index (χ2v) is 6.99. The van der Waals surface area contributed by atoms with Gasteiger partial charge >= 0.3 is 11.7 Å². The Labute approximate surface area is 161 Å². The van der Waals surface area contributed by atoms with Crippen molar-refractivity contribution >= 4 is 21.8 Å². The number of pyridine rings is 1. The van der Waals surface area contributed by atoms with Crippen LogP contribution in [-0.2, 0) is 6.18 Å². The number of aromatic amines is 1. The summed E-state index contributed by atoms with van der Waals surface area (Å²) in [6.45, 7) is 0. The quantitative estimate of drug-likeness (QED) is 0.403. The molecule has 0 amide bonds. The van der Waals surface area contributed by atoms with E-state index in [0.717, 1.165) is 29.7 Å². The van der Waals surface area contributed by atoms with Crippen LogP contribution in [0.3, 0.4) is 0 Å². The number of hydrogen-bond donors (Lipinski definition) is 1. The van der Waals surface area contributed by atoms with Gasteiger partial charge in [-0.2, -0.15) is 17.7 Å². The lowest BCUT2D eigenvalue weighted by Gasteiger charge is -2.07. The molecule has 2 N–H and O–H groups in total. The molecule has 5 rings (SSSR count). The summed E-state index contributed by atoms with van der Waals surface area (Å²) < 4.78 is 56.0. The number of nitrogens with one attached hydrogen (secondary N) is 1. The molecule has 9 heteroatoms. The molecule has 1 aliphatic rings. The predicted octanol–water partition coefficient (Wildman–Crippen LogP) is 4.08. The molecule has 0 atom stereocenters. The molecule has 29 heavy (non-hydrogen) atoms. The normalized spacial score (nSPS) is 14.3. The highest BCUT2D eigenvalue weighted by molar-refractivity contribution is 6.01. The van der Waals surface area contributed by atoms with Crippen molar-refractivity contribution in [3.63, 3.8) is 0 Å². The number of aromatic nitrogens is 3. The number of hydrogen-bond acceptors (Lipinski definition) is 2. The smallest absolute Gasteiger partial charge is 0.416 e. The number of halogens is 4. The van der Waals surface area contributed by atoms with Crippen LogP contribution in [-0.4, -0.2) is 15.3 Å². The first-order valence-electron chi connectivity index (χ1n) is 8.79. The molecule has 1 aliphatic carbocycles. The molecule has 1 saturated carbocycles. The average molecular weight is 405 g/mol. The third kappa shape index (κ3) is 2.98. The van der Waals surface area contributed by atoms with Gasteiger partial charge in [-0.3, -0.25) is 9.89 Å². The van der Waals surface area contributed by atoms with E-state index in [1.165, 1.54) is 18.2 Å². The maximum absolute atomic E-state index is 14.5. The first kappa shape index (κ1) is 19.1. The van der Waals surface area contributed by atoms with E-state index in [-0.39, 0.29) is 22.6 Å². The molecule has 2 heterocycles. The van der Waals surface area contributed by atoms with Crippen molar-refractivity contribution in [2.75, 3.05) is 0 Å². The SMILES string of the molecule is O=c1c2c([nH]n1-c1ccc(C(F)(F)F)cc1)c1c(F)cccc1c[n+]2C1CC1.[OH-]. The number of nitrogens with zero attached hydrogens (tertiary/aromatic N) is 2. The van der Waals surface area contributed by atoms with Gasteiger partial charge in [0.25, 0.3) is 5.52 Å². The van der Waals surface area contributed by atoms with Crippen molar-refractivity contribution in [3.05, 3.63) is 70.4 Å². The number of alkyl halides is 3. The van der Waals surface area contributed by atoms with E-state index in [0.29, 0.717) is 16.4 Å². The summed E-state index contributed by atoms with van der Waals surface area (Å²) in [6, 6.07) is 9.13. The van der Waals surface area contributed by atoms with Gasteiger partial charge in [0.05, 0.1) is 22.0 Å². The molecule has 0 aliphatic heterocycles. The number of fused-ring (bicyclic) bond motifs is 3. The van der Waals surface area contributed by atoms with E-state index in [4.69, 9.17) is 0 Å². The Balaban J connectivity index is 0.00000205. The second-order valence-electron chi connectivity index (χ2n) is 6.99. The Bertz CT molecular complexity index is 1290. The van der Waals surface area contributed by atoms with E-state index in [1.807, 2.05) is 4.57 Å². The maximum atomic E-state index is 14.5. The van der Waals surface area contributed by atoms with Gasteiger partial charge in [0.1, 0.15) is 11.3 Å². The topological polar surface area (TPSA) is 71.7 Å². The van der Waals surface area contributed by atoms with E-state index < -0.39 is 23.1 Å². The van der Waals surface area contributed by atoms with E-state index in [2.05, 4.69) is 5.10 Å². The van der Waals surface area contributed by atoms with Gasteiger partial charge < -0.3 is 5.48 Å². The minimum absolute atomic E-state index is 0. The average Bonchev–Trinajstić information content (AvgIpc) is 3.44. The van der Waals surface area contributed by atoms with Crippen LogP contribution in [0.2, 0.25) is 0 Å². The van der Waals surface area contributed by atoms with Crippen LogP contribution >= 0.6 is 0 Å². The lowest BCUT2D eigenvalue weighted by molar-refractivity contribution is -0.674. The van der Waals surface area contributed by atoms with Crippen LogP contribution in [0.25, 0.3) is 27.5 Å². The predicted molar refractivity (Wildman–Crippen MR) is 96.8 cm³/mol. The summed E-state index contributed by atoms with van der Waals surface area (Å²) in [5.41, 5.74) is -0.315. The summed E-state index contributed by atoms with van der Waals surface area (Å²) in [5.74, 6) is -0.466. The van der Waals surface area contributed by atoms with Gasteiger partial charge in [0, 0.05) is 12.8 Å². The van der Waals surface area contributed by atoms with Crippen molar-refractivity contribution in [1.82, 2.24) is 9.78 Å². The molecule has 4 aromatic rings. The highest BCUT2D eigenvalue weighted by atomic mass is 19.4. The molecule has 0 saturated heterocycles. The van der Waals surface area contributed by atoms with Crippen LogP contribution in [0, 0.1) is 5.82 Å². The molecule has 0 unspecified atom stereocenters. The number of H-pyrrole nitrogens is 1. The largest absolute Gasteiger partial charge is 0.870 e. The lowest BCUT2D eigenvalue weighted by Crippen LogP contribution is -2.36. The zero-order valence-electron chi connectivity index (χ0n) is 14.9. The molecule has 0 radical (unpaired) electrons. The van der Waals surface area contributed by atoms with Gasteiger partial charge in [-0.1, -0.05) is 6.07 Å². The van der Waals surface area contributed by atoms with Crippen LogP contribution in [0.5, 0.6) is 0 Å². The van der Waals surface area contributed by atoms with Gasteiger partial charge in [0.2, 0.25) is 0 Å². The molecular weight excluding hydrogens is 390 g/mol. The van der Waals surface area contributed by atoms with Crippen molar-refractivity contribution in [3.8, 4) is 5.69 Å². The number of rotatable bonds is 2. The zero-order valence-corrected chi connectivity index (χ0v) is 14.9. The summed E-state index contributed by atoms with van der Waals surface area (Å²) in [5, 5.41) is 3.85. The van der Waals surface area contributed by atoms with Crippen molar-refractivity contribution in [2.24, 2.45) is 0 Å². The lowest BCUT2D eigenvalue weighted by atomic mass is 10.1. The van der Waals surface area contributed by atoms with Gasteiger partial charge in [-0.05, 0) is 36.4 Å². The fraction of sp³-hybridized carbons (Fsp3) is 0.200. The molecular formula is C20H15F4N3O2. The Kier molecular flexibility index (Phi) is 4.23. The zero-order chi connectivity index (χ0) is 19.6. The Morgan fingerprint density at radius 2 is 1.76 bits per heavy atom. The van der Waals surface area contributed by atoms with Gasteiger partial charge in [-0.25, -0.2) is 9.07 Å². The first-order chi connectivity index (χ1) is 13.3. The summed E-state index contributed by atoms with van der Waals surface area (Å²) in [7, 11) is 0. The van der Waals surface area contributed by atoms with Gasteiger partial charge in [0.15, 0.2) is 12.2 Å². The Morgan fingerprint density at radius 3 is 2.38 bits per heavy atom. The standard InChI is InChI=1S/C20H13F4N3O.H2O/c21-15-3-1-2-11-10-26(13-8-9-13)18-17(16(11)15)25-27(19(18)28)14-6-4-12(5-7-14)20(22,23)24;/h1-7,10,13H,8-9H2;1H2. The Morgan fingerprint density at radius 1 is 1.07 bits per heavy atom. The minimum atomic E-state index is -4.46. The third-order valence-electron chi connectivity index (χ3n) is 5.09. The number of benzene rings is 2. The van der Waals surface area contributed by atoms with Crippen LogP contribution in [0.15, 0.2) is 53.5 Å². The second kappa shape index (κ2) is 6.41. The highest BCUT2D eigenvalue weighted by Crippen LogP contribution is 2.33. The third-order valence-corrected chi connectivity index (χ3v) is 5.09. The molecule has 150 valence electrons. The first-order valence-corrected chi connectivity index (χ1v) is 8.79. The monoisotopic (exact) mass is 405 g/mol. The maximum Gasteiger partial charge on any atom is 0.416 e. The van der Waals surface area contributed by atoms with Crippen LogP contribution in [0.4, 0.5) is 17.6 Å². The minimum Gasteiger partial charge on any atom is -0.870 e.